The van der Waals surface area contributed by atoms with Crippen LogP contribution in [0, 0.1) is 0 Å². The fourth-order valence-electron chi connectivity index (χ4n) is 2.35. The molecule has 4 N–H and O–H groups in total. The van der Waals surface area contributed by atoms with Crippen LogP contribution in [0.15, 0.2) is 24.3 Å². The van der Waals surface area contributed by atoms with Crippen LogP contribution in [0.3, 0.4) is 0 Å². The minimum Gasteiger partial charge on any atom is -0.493 e. The van der Waals surface area contributed by atoms with Crippen molar-refractivity contribution in [1.29, 1.82) is 0 Å². The van der Waals surface area contributed by atoms with Crippen LogP contribution < -0.4 is 21.1 Å². The van der Waals surface area contributed by atoms with Crippen molar-refractivity contribution in [2.75, 3.05) is 45.9 Å². The van der Waals surface area contributed by atoms with Crippen molar-refractivity contribution >= 4 is 24.2 Å². The summed E-state index contributed by atoms with van der Waals surface area (Å²) in [5, 5.41) is 6.19. The van der Waals surface area contributed by atoms with E-state index in [-0.39, 0.29) is 18.3 Å². The van der Waals surface area contributed by atoms with E-state index in [1.807, 2.05) is 0 Å². The van der Waals surface area contributed by atoms with Crippen molar-refractivity contribution in [3.05, 3.63) is 29.8 Å². The number of piperazine rings is 1. The highest BCUT2D eigenvalue weighted by Gasteiger charge is 2.09. The fourth-order valence-corrected chi connectivity index (χ4v) is 2.35. The van der Waals surface area contributed by atoms with Crippen molar-refractivity contribution in [2.24, 2.45) is 5.73 Å². The predicted molar refractivity (Wildman–Crippen MR) is 94.6 cm³/mol. The Labute approximate surface area is 148 Å². The predicted octanol–water partition coefficient (Wildman–Crippen LogP) is -0.00240. The molecular weight excluding hydrogens is 332 g/mol. The summed E-state index contributed by atoms with van der Waals surface area (Å²) >= 11 is 0. The van der Waals surface area contributed by atoms with Gasteiger partial charge in [0.05, 0.1) is 13.0 Å². The van der Waals surface area contributed by atoms with Gasteiger partial charge in [-0.1, -0.05) is 0 Å². The topological polar surface area (TPSA) is 96.7 Å². The third kappa shape index (κ3) is 7.16. The molecule has 0 aliphatic carbocycles. The summed E-state index contributed by atoms with van der Waals surface area (Å²) in [7, 11) is 0. The molecule has 2 rings (SSSR count). The highest BCUT2D eigenvalue weighted by Crippen LogP contribution is 2.11. The molecule has 1 aromatic rings. The van der Waals surface area contributed by atoms with E-state index < -0.39 is 5.91 Å². The van der Waals surface area contributed by atoms with Gasteiger partial charge in [-0.15, -0.1) is 12.4 Å². The maximum absolute atomic E-state index is 11.7. The van der Waals surface area contributed by atoms with Crippen LogP contribution in [-0.4, -0.2) is 62.6 Å². The van der Waals surface area contributed by atoms with Gasteiger partial charge < -0.3 is 21.1 Å². The maximum atomic E-state index is 11.7. The van der Waals surface area contributed by atoms with Gasteiger partial charge in [-0.25, -0.2) is 0 Å². The first kappa shape index (κ1) is 20.2. The van der Waals surface area contributed by atoms with Crippen LogP contribution in [0.4, 0.5) is 0 Å². The van der Waals surface area contributed by atoms with Gasteiger partial charge in [0.1, 0.15) is 5.75 Å². The van der Waals surface area contributed by atoms with Crippen molar-refractivity contribution in [3.63, 3.8) is 0 Å². The summed E-state index contributed by atoms with van der Waals surface area (Å²) in [6, 6.07) is 6.54. The Hall–Kier alpha value is -1.83. The van der Waals surface area contributed by atoms with Crippen molar-refractivity contribution < 1.29 is 14.3 Å². The lowest BCUT2D eigenvalue weighted by Crippen LogP contribution is -2.46. The number of carbonyl (C=O) groups excluding carboxylic acids is 2. The number of rotatable bonds is 8. The van der Waals surface area contributed by atoms with E-state index in [0.29, 0.717) is 30.9 Å². The molecule has 1 fully saturated rings. The zero-order valence-electron chi connectivity index (χ0n) is 13.6. The summed E-state index contributed by atoms with van der Waals surface area (Å²) in [6.07, 6.45) is 0.305. The monoisotopic (exact) mass is 356 g/mol. The van der Waals surface area contributed by atoms with Gasteiger partial charge in [0, 0.05) is 44.8 Å². The van der Waals surface area contributed by atoms with Crippen LogP contribution in [-0.2, 0) is 4.79 Å². The Morgan fingerprint density at radius 3 is 2.50 bits per heavy atom. The van der Waals surface area contributed by atoms with Gasteiger partial charge in [0.25, 0.3) is 0 Å². The summed E-state index contributed by atoms with van der Waals surface area (Å²) in [6.45, 7) is 5.91. The number of benzene rings is 1. The number of hydrogen-bond acceptors (Lipinski definition) is 5. The van der Waals surface area contributed by atoms with Crippen LogP contribution in [0.2, 0.25) is 0 Å². The zero-order valence-corrected chi connectivity index (χ0v) is 14.4. The van der Waals surface area contributed by atoms with Crippen molar-refractivity contribution in [3.8, 4) is 5.75 Å². The summed E-state index contributed by atoms with van der Waals surface area (Å²) in [4.78, 5) is 25.0. The normalized spacial score (nSPS) is 14.5. The average Bonchev–Trinajstić information content (AvgIpc) is 2.56. The standard InChI is InChI=1S/C16H24N4O3.ClH/c17-16(22)13-1-3-14(4-2-13)23-12-5-15(21)19-8-11-20-9-6-18-7-10-20;/h1-4,18H,5-12H2,(H2,17,22)(H,19,21);1H. The molecule has 24 heavy (non-hydrogen) atoms. The average molecular weight is 357 g/mol. The Bertz CT molecular complexity index is 519. The Kier molecular flexibility index (Phi) is 9.14. The molecule has 0 atom stereocenters. The number of amides is 2. The van der Waals surface area contributed by atoms with Gasteiger partial charge in [0.15, 0.2) is 0 Å². The molecule has 7 nitrogen and oxygen atoms in total. The minimum atomic E-state index is -0.472. The van der Waals surface area contributed by atoms with Crippen LogP contribution in [0.1, 0.15) is 16.8 Å². The van der Waals surface area contributed by atoms with Gasteiger partial charge in [-0.05, 0) is 24.3 Å². The van der Waals surface area contributed by atoms with Gasteiger partial charge in [-0.3, -0.25) is 14.5 Å². The minimum absolute atomic E-state index is 0. The van der Waals surface area contributed by atoms with Gasteiger partial charge in [0.2, 0.25) is 11.8 Å². The third-order valence-electron chi connectivity index (χ3n) is 3.70. The number of ether oxygens (including phenoxy) is 1. The highest BCUT2D eigenvalue weighted by atomic mass is 35.5. The molecule has 0 bridgehead atoms. The number of nitrogens with two attached hydrogens (primary N) is 1. The van der Waals surface area contributed by atoms with E-state index in [9.17, 15) is 9.59 Å². The molecule has 1 heterocycles. The second-order valence-electron chi connectivity index (χ2n) is 5.43. The van der Waals surface area contributed by atoms with Gasteiger partial charge in [-0.2, -0.15) is 0 Å². The van der Waals surface area contributed by atoms with E-state index in [1.54, 1.807) is 24.3 Å². The molecule has 0 unspecified atom stereocenters. The molecule has 1 saturated heterocycles. The molecule has 1 aliphatic heterocycles. The Balaban J connectivity index is 0.00000288. The first-order chi connectivity index (χ1) is 11.1. The van der Waals surface area contributed by atoms with Crippen LogP contribution in [0.25, 0.3) is 0 Å². The SMILES string of the molecule is Cl.NC(=O)c1ccc(OCCC(=O)NCCN2CCNCC2)cc1. The van der Waals surface area contributed by atoms with Gasteiger partial charge >= 0.3 is 0 Å². The zero-order chi connectivity index (χ0) is 16.5. The molecule has 0 aromatic heterocycles. The lowest BCUT2D eigenvalue weighted by molar-refractivity contribution is -0.121. The fraction of sp³-hybridized carbons (Fsp3) is 0.500. The van der Waals surface area contributed by atoms with E-state index in [2.05, 4.69) is 15.5 Å². The number of primary amides is 1. The molecular formula is C16H25ClN4O3. The van der Waals surface area contributed by atoms with Crippen molar-refractivity contribution in [1.82, 2.24) is 15.5 Å². The Morgan fingerprint density at radius 2 is 1.88 bits per heavy atom. The number of hydrogen-bond donors (Lipinski definition) is 3. The molecule has 0 saturated carbocycles. The van der Waals surface area contributed by atoms with Crippen LogP contribution >= 0.6 is 12.4 Å². The highest BCUT2D eigenvalue weighted by molar-refractivity contribution is 5.92. The number of halogens is 1. The second-order valence-corrected chi connectivity index (χ2v) is 5.43. The summed E-state index contributed by atoms with van der Waals surface area (Å²) in [5.74, 6) is 0.123. The number of nitrogens with one attached hydrogen (secondary N) is 2. The quantitative estimate of drug-likeness (QED) is 0.609. The van der Waals surface area contributed by atoms with Crippen molar-refractivity contribution in [2.45, 2.75) is 6.42 Å². The Morgan fingerprint density at radius 1 is 1.21 bits per heavy atom. The summed E-state index contributed by atoms with van der Waals surface area (Å²) < 4.78 is 5.48. The third-order valence-corrected chi connectivity index (χ3v) is 3.70. The van der Waals surface area contributed by atoms with E-state index in [4.69, 9.17) is 10.5 Å². The smallest absolute Gasteiger partial charge is 0.248 e. The first-order valence-electron chi connectivity index (χ1n) is 7.87. The number of nitrogens with zero attached hydrogens (tertiary/aromatic N) is 1. The number of carbonyl (C=O) groups is 2. The van der Waals surface area contributed by atoms with E-state index in [0.717, 1.165) is 32.7 Å². The maximum Gasteiger partial charge on any atom is 0.248 e. The lowest BCUT2D eigenvalue weighted by atomic mass is 10.2. The molecule has 2 amide bonds. The first-order valence-corrected chi connectivity index (χ1v) is 7.87. The second kappa shape index (κ2) is 10.9. The molecule has 1 aromatic carbocycles. The molecule has 1 aliphatic rings. The largest absolute Gasteiger partial charge is 0.493 e. The molecule has 134 valence electrons. The summed E-state index contributed by atoms with van der Waals surface area (Å²) in [5.41, 5.74) is 5.60. The molecule has 8 heteroatoms. The molecule has 0 radical (unpaired) electrons. The van der Waals surface area contributed by atoms with E-state index in [1.165, 1.54) is 0 Å². The molecule has 0 spiro atoms. The van der Waals surface area contributed by atoms with E-state index >= 15 is 0 Å². The lowest BCUT2D eigenvalue weighted by Gasteiger charge is -2.27. The van der Waals surface area contributed by atoms with Crippen LogP contribution in [0.5, 0.6) is 5.75 Å².